The standard InChI is InChI=1S/C26H41N3O3/c1-4-32-17-26(31)12-9-20-18-8-11-25(3)21(19(18)7-10-24(20,2)16-26)5-6-22(25)23(30)15-29-14-13-27-28-29/h13-14,18-22,31H,4-12,15-17H2,1-3H3/t18-,19+,20+,21-,22+,24-,25-,26+/m0/s1. The summed E-state index contributed by atoms with van der Waals surface area (Å²) in [6, 6.07) is 0. The molecule has 4 aliphatic carbocycles. The zero-order valence-corrected chi connectivity index (χ0v) is 20.1. The quantitative estimate of drug-likeness (QED) is 0.710. The first-order chi connectivity index (χ1) is 15.3. The number of rotatable bonds is 6. The number of hydrogen-bond donors (Lipinski definition) is 1. The number of carbonyl (C=O) groups is 1. The average Bonchev–Trinajstić information content (AvgIpc) is 3.38. The maximum absolute atomic E-state index is 13.2. The number of hydrogen-bond acceptors (Lipinski definition) is 5. The van der Waals surface area contributed by atoms with E-state index in [1.807, 2.05) is 6.92 Å². The van der Waals surface area contributed by atoms with Gasteiger partial charge in [0.2, 0.25) is 0 Å². The van der Waals surface area contributed by atoms with Gasteiger partial charge in [-0.3, -0.25) is 4.79 Å². The van der Waals surface area contributed by atoms with E-state index in [0.717, 1.165) is 37.5 Å². The molecule has 0 spiro atoms. The monoisotopic (exact) mass is 443 g/mol. The van der Waals surface area contributed by atoms with Gasteiger partial charge in [-0.2, -0.15) is 0 Å². The molecule has 4 fully saturated rings. The van der Waals surface area contributed by atoms with Crippen LogP contribution in [0.25, 0.3) is 0 Å². The van der Waals surface area contributed by atoms with Crippen LogP contribution in [0, 0.1) is 40.4 Å². The Morgan fingerprint density at radius 3 is 2.62 bits per heavy atom. The van der Waals surface area contributed by atoms with Crippen molar-refractivity contribution in [1.82, 2.24) is 15.0 Å². The second-order valence-electron chi connectivity index (χ2n) is 12.1. The van der Waals surface area contributed by atoms with E-state index in [9.17, 15) is 9.90 Å². The minimum Gasteiger partial charge on any atom is -0.387 e. The Morgan fingerprint density at radius 2 is 1.88 bits per heavy atom. The molecule has 0 aliphatic heterocycles. The number of ether oxygens (including phenoxy) is 1. The first-order valence-corrected chi connectivity index (χ1v) is 12.9. The largest absolute Gasteiger partial charge is 0.387 e. The van der Waals surface area contributed by atoms with Crippen molar-refractivity contribution < 1.29 is 14.6 Å². The van der Waals surface area contributed by atoms with E-state index >= 15 is 0 Å². The van der Waals surface area contributed by atoms with Gasteiger partial charge in [-0.25, -0.2) is 4.68 Å². The molecular weight excluding hydrogens is 402 g/mol. The Balaban J connectivity index is 1.30. The lowest BCUT2D eigenvalue weighted by Gasteiger charge is -2.61. The van der Waals surface area contributed by atoms with Gasteiger partial charge in [0.1, 0.15) is 6.54 Å². The Bertz CT molecular complexity index is 828. The molecule has 1 aromatic heterocycles. The van der Waals surface area contributed by atoms with Gasteiger partial charge in [-0.05, 0) is 99.2 Å². The van der Waals surface area contributed by atoms with Crippen molar-refractivity contribution in [2.75, 3.05) is 13.2 Å². The van der Waals surface area contributed by atoms with E-state index in [-0.39, 0.29) is 16.7 Å². The molecule has 1 heterocycles. The fourth-order valence-corrected chi connectivity index (χ4v) is 9.01. The Hall–Kier alpha value is -1.27. The zero-order valence-electron chi connectivity index (χ0n) is 20.1. The molecule has 0 radical (unpaired) electrons. The molecule has 0 bridgehead atoms. The van der Waals surface area contributed by atoms with E-state index in [1.54, 1.807) is 17.1 Å². The molecule has 6 heteroatoms. The maximum atomic E-state index is 13.2. The summed E-state index contributed by atoms with van der Waals surface area (Å²) in [5, 5.41) is 19.1. The first-order valence-electron chi connectivity index (χ1n) is 12.9. The predicted octanol–water partition coefficient (Wildman–Crippen LogP) is 4.27. The third-order valence-electron chi connectivity index (χ3n) is 10.4. The van der Waals surface area contributed by atoms with Gasteiger partial charge in [0, 0.05) is 18.7 Å². The second kappa shape index (κ2) is 8.19. The van der Waals surface area contributed by atoms with E-state index in [1.165, 1.54) is 32.1 Å². The molecule has 8 atom stereocenters. The summed E-state index contributed by atoms with van der Waals surface area (Å²) < 4.78 is 7.34. The fourth-order valence-electron chi connectivity index (χ4n) is 9.01. The second-order valence-corrected chi connectivity index (χ2v) is 12.1. The fraction of sp³-hybridized carbons (Fsp3) is 0.885. The third kappa shape index (κ3) is 3.66. The van der Waals surface area contributed by atoms with Crippen LogP contribution in [-0.2, 0) is 16.1 Å². The lowest BCUT2D eigenvalue weighted by Crippen LogP contribution is -2.56. The van der Waals surface area contributed by atoms with Gasteiger partial charge in [-0.1, -0.05) is 19.1 Å². The molecule has 0 amide bonds. The number of fused-ring (bicyclic) bond motifs is 5. The SMILES string of the molecule is CCOC[C@@]1(O)CC[C@@H]2[C@H]3CC[C@]4(C)[C@@H](C(=O)Cn5ccnn5)CC[C@H]4[C@@H]3CC[C@@]2(C)C1. The molecule has 0 aromatic carbocycles. The van der Waals surface area contributed by atoms with Crippen LogP contribution in [0.15, 0.2) is 12.4 Å². The van der Waals surface area contributed by atoms with Crippen LogP contribution < -0.4 is 0 Å². The highest BCUT2D eigenvalue weighted by molar-refractivity contribution is 5.82. The molecule has 1 aromatic rings. The molecule has 4 aliphatic rings. The number of ketones is 1. The molecular formula is C26H41N3O3. The van der Waals surface area contributed by atoms with E-state index < -0.39 is 5.60 Å². The van der Waals surface area contributed by atoms with Crippen molar-refractivity contribution in [3.63, 3.8) is 0 Å². The summed E-state index contributed by atoms with van der Waals surface area (Å²) in [7, 11) is 0. The summed E-state index contributed by atoms with van der Waals surface area (Å²) in [4.78, 5) is 13.2. The predicted molar refractivity (Wildman–Crippen MR) is 122 cm³/mol. The Kier molecular flexibility index (Phi) is 5.77. The van der Waals surface area contributed by atoms with E-state index in [4.69, 9.17) is 4.74 Å². The van der Waals surface area contributed by atoms with Crippen molar-refractivity contribution in [3.05, 3.63) is 12.4 Å². The van der Waals surface area contributed by atoms with Gasteiger partial charge < -0.3 is 9.84 Å². The molecule has 4 saturated carbocycles. The van der Waals surface area contributed by atoms with Crippen molar-refractivity contribution in [2.24, 2.45) is 40.4 Å². The van der Waals surface area contributed by atoms with Gasteiger partial charge in [0.25, 0.3) is 0 Å². The Morgan fingerprint density at radius 1 is 1.09 bits per heavy atom. The van der Waals surface area contributed by atoms with Crippen LogP contribution in [-0.4, -0.2) is 44.7 Å². The molecule has 5 rings (SSSR count). The number of Topliss-reactive ketones (excluding diaryl/α,β-unsaturated/α-hetero) is 1. The molecule has 32 heavy (non-hydrogen) atoms. The lowest BCUT2D eigenvalue weighted by atomic mass is 9.45. The van der Waals surface area contributed by atoms with Crippen molar-refractivity contribution in [3.8, 4) is 0 Å². The van der Waals surface area contributed by atoms with Gasteiger partial charge in [0.05, 0.1) is 18.4 Å². The highest BCUT2D eigenvalue weighted by Crippen LogP contribution is 2.67. The molecule has 178 valence electrons. The maximum Gasteiger partial charge on any atom is 0.157 e. The number of carbonyl (C=O) groups excluding carboxylic acids is 1. The zero-order chi connectivity index (χ0) is 22.6. The van der Waals surface area contributed by atoms with Crippen molar-refractivity contribution in [1.29, 1.82) is 0 Å². The molecule has 6 nitrogen and oxygen atoms in total. The van der Waals surface area contributed by atoms with E-state index in [2.05, 4.69) is 24.2 Å². The highest BCUT2D eigenvalue weighted by atomic mass is 16.5. The summed E-state index contributed by atoms with van der Waals surface area (Å²) in [6.07, 6.45) is 13.4. The minimum absolute atomic E-state index is 0.136. The summed E-state index contributed by atoms with van der Waals surface area (Å²) >= 11 is 0. The number of aromatic nitrogens is 3. The summed E-state index contributed by atoms with van der Waals surface area (Å²) in [5.74, 6) is 3.38. The number of aliphatic hydroxyl groups is 1. The molecule has 1 N–H and O–H groups in total. The average molecular weight is 444 g/mol. The minimum atomic E-state index is -0.649. The van der Waals surface area contributed by atoms with Gasteiger partial charge in [0.15, 0.2) is 5.78 Å². The normalized spacial score (nSPS) is 45.7. The molecule has 0 unspecified atom stereocenters. The van der Waals surface area contributed by atoms with Crippen molar-refractivity contribution in [2.45, 2.75) is 90.7 Å². The third-order valence-corrected chi connectivity index (χ3v) is 10.4. The lowest BCUT2D eigenvalue weighted by molar-refractivity contribution is -0.162. The Labute approximate surface area is 192 Å². The summed E-state index contributed by atoms with van der Waals surface area (Å²) in [6.45, 7) is 8.38. The van der Waals surface area contributed by atoms with Crippen LogP contribution in [0.3, 0.4) is 0 Å². The summed E-state index contributed by atoms with van der Waals surface area (Å²) in [5.41, 5.74) is -0.291. The highest BCUT2D eigenvalue weighted by Gasteiger charge is 2.61. The van der Waals surface area contributed by atoms with Crippen LogP contribution >= 0.6 is 0 Å². The topological polar surface area (TPSA) is 77.2 Å². The van der Waals surface area contributed by atoms with Crippen LogP contribution in [0.5, 0.6) is 0 Å². The van der Waals surface area contributed by atoms with E-state index in [0.29, 0.717) is 37.4 Å². The van der Waals surface area contributed by atoms with Gasteiger partial charge in [-0.15, -0.1) is 5.10 Å². The van der Waals surface area contributed by atoms with Crippen LogP contribution in [0.1, 0.15) is 78.6 Å². The smallest absolute Gasteiger partial charge is 0.157 e. The number of nitrogens with zero attached hydrogens (tertiary/aromatic N) is 3. The first kappa shape index (κ1) is 22.5. The van der Waals surface area contributed by atoms with Crippen molar-refractivity contribution >= 4 is 5.78 Å². The molecule has 0 saturated heterocycles. The van der Waals surface area contributed by atoms with Crippen LogP contribution in [0.2, 0.25) is 0 Å². The van der Waals surface area contributed by atoms with Crippen LogP contribution in [0.4, 0.5) is 0 Å². The van der Waals surface area contributed by atoms with Gasteiger partial charge >= 0.3 is 0 Å².